The molecular formula is C9H11ClOS. The standard InChI is InChI=1S/C9H11ClOS/c1-7-4-3-5-9(6-7)12(11)8(2)10/h3-6,8H,1-2H3. The molecule has 66 valence electrons. The van der Waals surface area contributed by atoms with E-state index in [2.05, 4.69) is 0 Å². The van der Waals surface area contributed by atoms with E-state index in [1.54, 1.807) is 6.92 Å². The van der Waals surface area contributed by atoms with Gasteiger partial charge in [-0.3, -0.25) is 4.21 Å². The summed E-state index contributed by atoms with van der Waals surface area (Å²) in [4.78, 5) is 0.803. The van der Waals surface area contributed by atoms with Gasteiger partial charge in [0.25, 0.3) is 0 Å². The third kappa shape index (κ3) is 2.32. The fraction of sp³-hybridized carbons (Fsp3) is 0.333. The topological polar surface area (TPSA) is 17.1 Å². The van der Waals surface area contributed by atoms with Crippen molar-refractivity contribution >= 4 is 22.4 Å². The molecule has 0 aliphatic heterocycles. The average Bonchev–Trinajstić information content (AvgIpc) is 2.03. The van der Waals surface area contributed by atoms with Crippen LogP contribution in [0.15, 0.2) is 29.2 Å². The van der Waals surface area contributed by atoms with Crippen molar-refractivity contribution in [1.29, 1.82) is 0 Å². The Balaban J connectivity index is 2.96. The third-order valence-electron chi connectivity index (χ3n) is 1.52. The molecule has 12 heavy (non-hydrogen) atoms. The van der Waals surface area contributed by atoms with Crippen LogP contribution < -0.4 is 0 Å². The van der Waals surface area contributed by atoms with E-state index in [4.69, 9.17) is 11.6 Å². The van der Waals surface area contributed by atoms with Crippen LogP contribution >= 0.6 is 11.6 Å². The molecule has 0 bridgehead atoms. The maximum absolute atomic E-state index is 11.5. The highest BCUT2D eigenvalue weighted by Crippen LogP contribution is 2.14. The van der Waals surface area contributed by atoms with Gasteiger partial charge in [0.05, 0.1) is 10.8 Å². The summed E-state index contributed by atoms with van der Waals surface area (Å²) in [5, 5.41) is 0. The molecule has 0 aliphatic carbocycles. The van der Waals surface area contributed by atoms with Gasteiger partial charge in [-0.25, -0.2) is 0 Å². The molecule has 2 atom stereocenters. The molecule has 0 N–H and O–H groups in total. The minimum absolute atomic E-state index is 0.327. The van der Waals surface area contributed by atoms with Gasteiger partial charge < -0.3 is 0 Å². The lowest BCUT2D eigenvalue weighted by Gasteiger charge is -2.03. The highest BCUT2D eigenvalue weighted by molar-refractivity contribution is 7.87. The highest BCUT2D eigenvalue weighted by Gasteiger charge is 2.09. The van der Waals surface area contributed by atoms with Gasteiger partial charge in [0.1, 0.15) is 4.71 Å². The van der Waals surface area contributed by atoms with Gasteiger partial charge in [-0.2, -0.15) is 0 Å². The first-order chi connectivity index (χ1) is 5.61. The Kier molecular flexibility index (Phi) is 3.29. The molecule has 1 aromatic rings. The maximum atomic E-state index is 11.5. The Hall–Kier alpha value is -0.340. The van der Waals surface area contributed by atoms with Crippen molar-refractivity contribution in [2.45, 2.75) is 23.5 Å². The zero-order valence-corrected chi connectivity index (χ0v) is 8.65. The molecule has 0 aliphatic rings. The summed E-state index contributed by atoms with van der Waals surface area (Å²) in [6.07, 6.45) is 0. The highest BCUT2D eigenvalue weighted by atomic mass is 35.5. The Bertz CT molecular complexity index is 296. The fourth-order valence-electron chi connectivity index (χ4n) is 0.928. The van der Waals surface area contributed by atoms with Gasteiger partial charge >= 0.3 is 0 Å². The molecule has 0 heterocycles. The van der Waals surface area contributed by atoms with Gasteiger partial charge in [0, 0.05) is 4.90 Å². The minimum atomic E-state index is -1.08. The van der Waals surface area contributed by atoms with E-state index in [1.165, 1.54) is 0 Å². The van der Waals surface area contributed by atoms with Crippen LogP contribution in [0.25, 0.3) is 0 Å². The molecular weight excluding hydrogens is 192 g/mol. The molecule has 0 saturated heterocycles. The van der Waals surface area contributed by atoms with Crippen molar-refractivity contribution in [3.8, 4) is 0 Å². The molecule has 1 nitrogen and oxygen atoms in total. The van der Waals surface area contributed by atoms with E-state index >= 15 is 0 Å². The SMILES string of the molecule is Cc1cccc(S(=O)C(C)Cl)c1. The van der Waals surface area contributed by atoms with Gasteiger partial charge in [-0.1, -0.05) is 12.1 Å². The van der Waals surface area contributed by atoms with E-state index in [0.717, 1.165) is 10.5 Å². The van der Waals surface area contributed by atoms with Crippen LogP contribution in [0.3, 0.4) is 0 Å². The van der Waals surface area contributed by atoms with Gasteiger partial charge in [0.15, 0.2) is 0 Å². The van der Waals surface area contributed by atoms with Crippen molar-refractivity contribution in [2.24, 2.45) is 0 Å². The number of hydrogen-bond donors (Lipinski definition) is 0. The van der Waals surface area contributed by atoms with Gasteiger partial charge in [0.2, 0.25) is 0 Å². The summed E-state index contributed by atoms with van der Waals surface area (Å²) in [7, 11) is -1.08. The van der Waals surface area contributed by atoms with Crippen LogP contribution in [-0.4, -0.2) is 8.92 Å². The smallest absolute Gasteiger partial charge is 0.110 e. The number of aryl methyl sites for hydroxylation is 1. The van der Waals surface area contributed by atoms with Crippen LogP contribution in [0.4, 0.5) is 0 Å². The predicted molar refractivity (Wildman–Crippen MR) is 52.9 cm³/mol. The molecule has 0 aromatic heterocycles. The second-order valence-electron chi connectivity index (χ2n) is 2.66. The number of alkyl halides is 1. The lowest BCUT2D eigenvalue weighted by Crippen LogP contribution is -2.02. The Morgan fingerprint density at radius 3 is 2.67 bits per heavy atom. The first-order valence-electron chi connectivity index (χ1n) is 3.72. The summed E-state index contributed by atoms with van der Waals surface area (Å²) in [6.45, 7) is 3.71. The largest absolute Gasteiger partial charge is 0.253 e. The number of rotatable bonds is 2. The number of benzene rings is 1. The van der Waals surface area contributed by atoms with Crippen LogP contribution in [-0.2, 0) is 10.8 Å². The Labute approximate surface area is 80.2 Å². The third-order valence-corrected chi connectivity index (χ3v) is 3.31. The predicted octanol–water partition coefficient (Wildman–Crippen LogP) is 2.69. The van der Waals surface area contributed by atoms with Crippen molar-refractivity contribution in [1.82, 2.24) is 0 Å². The van der Waals surface area contributed by atoms with Crippen molar-refractivity contribution < 1.29 is 4.21 Å². The zero-order chi connectivity index (χ0) is 9.14. The lowest BCUT2D eigenvalue weighted by atomic mass is 10.2. The molecule has 2 unspecified atom stereocenters. The van der Waals surface area contributed by atoms with E-state index in [-0.39, 0.29) is 4.71 Å². The summed E-state index contributed by atoms with van der Waals surface area (Å²) < 4.78 is 11.1. The Morgan fingerprint density at radius 1 is 1.50 bits per heavy atom. The van der Waals surface area contributed by atoms with Crippen molar-refractivity contribution in [3.63, 3.8) is 0 Å². The summed E-state index contributed by atoms with van der Waals surface area (Å²) >= 11 is 5.71. The van der Waals surface area contributed by atoms with E-state index in [0.29, 0.717) is 0 Å². The number of hydrogen-bond acceptors (Lipinski definition) is 1. The second kappa shape index (κ2) is 4.06. The van der Waals surface area contributed by atoms with Crippen LogP contribution in [0.1, 0.15) is 12.5 Å². The normalized spacial score (nSPS) is 15.6. The van der Waals surface area contributed by atoms with Crippen LogP contribution in [0.5, 0.6) is 0 Å². The molecule has 0 spiro atoms. The van der Waals surface area contributed by atoms with E-state index in [9.17, 15) is 4.21 Å². The lowest BCUT2D eigenvalue weighted by molar-refractivity contribution is 0.682. The molecule has 1 aromatic carbocycles. The monoisotopic (exact) mass is 202 g/mol. The summed E-state index contributed by atoms with van der Waals surface area (Å²) in [5.41, 5.74) is 1.11. The first kappa shape index (κ1) is 9.75. The van der Waals surface area contributed by atoms with Crippen LogP contribution in [0.2, 0.25) is 0 Å². The van der Waals surface area contributed by atoms with E-state index < -0.39 is 10.8 Å². The van der Waals surface area contributed by atoms with E-state index in [1.807, 2.05) is 31.2 Å². The van der Waals surface area contributed by atoms with Crippen LogP contribution in [0, 0.1) is 6.92 Å². The Morgan fingerprint density at radius 2 is 2.17 bits per heavy atom. The number of halogens is 1. The fourth-order valence-corrected chi connectivity index (χ4v) is 2.13. The first-order valence-corrected chi connectivity index (χ1v) is 5.37. The molecule has 0 amide bonds. The maximum Gasteiger partial charge on any atom is 0.110 e. The molecule has 0 fully saturated rings. The van der Waals surface area contributed by atoms with Crippen molar-refractivity contribution in [3.05, 3.63) is 29.8 Å². The summed E-state index contributed by atoms with van der Waals surface area (Å²) in [5.74, 6) is 0. The molecule has 0 radical (unpaired) electrons. The molecule has 0 saturated carbocycles. The van der Waals surface area contributed by atoms with Gasteiger partial charge in [-0.05, 0) is 31.5 Å². The second-order valence-corrected chi connectivity index (χ2v) is 5.34. The average molecular weight is 203 g/mol. The quantitative estimate of drug-likeness (QED) is 0.674. The van der Waals surface area contributed by atoms with Gasteiger partial charge in [-0.15, -0.1) is 11.6 Å². The molecule has 3 heteroatoms. The molecule has 1 rings (SSSR count). The van der Waals surface area contributed by atoms with Crippen molar-refractivity contribution in [2.75, 3.05) is 0 Å². The summed E-state index contributed by atoms with van der Waals surface area (Å²) in [6, 6.07) is 7.60. The zero-order valence-electron chi connectivity index (χ0n) is 7.08. The minimum Gasteiger partial charge on any atom is -0.253 e.